The molecule has 126 valence electrons. The van der Waals surface area contributed by atoms with Gasteiger partial charge in [0, 0.05) is 37.7 Å². The molecule has 0 radical (unpaired) electrons. The van der Waals surface area contributed by atoms with Gasteiger partial charge in [-0.2, -0.15) is 0 Å². The Labute approximate surface area is 148 Å². The number of nitrogens with zero attached hydrogens (tertiary/aromatic N) is 3. The molecule has 4 rings (SSSR count). The summed E-state index contributed by atoms with van der Waals surface area (Å²) in [5.74, 6) is 0. The lowest BCUT2D eigenvalue weighted by Gasteiger charge is -2.35. The Morgan fingerprint density at radius 1 is 1.08 bits per heavy atom. The summed E-state index contributed by atoms with van der Waals surface area (Å²) < 4.78 is 0. The lowest BCUT2D eigenvalue weighted by Crippen LogP contribution is -2.43. The van der Waals surface area contributed by atoms with E-state index in [1.807, 2.05) is 18.5 Å². The van der Waals surface area contributed by atoms with Crippen LogP contribution >= 0.6 is 11.6 Å². The highest BCUT2D eigenvalue weighted by Gasteiger charge is 2.37. The van der Waals surface area contributed by atoms with Gasteiger partial charge in [-0.15, -0.1) is 0 Å². The van der Waals surface area contributed by atoms with Gasteiger partial charge in [-0.05, 0) is 43.2 Å². The maximum atomic E-state index is 6.23. The fourth-order valence-electron chi connectivity index (χ4n) is 3.84. The molecule has 2 aliphatic heterocycles. The molecular weight excluding hydrogens is 320 g/mol. The van der Waals surface area contributed by atoms with Crippen LogP contribution in [0, 0.1) is 0 Å². The third-order valence-electron chi connectivity index (χ3n) is 5.24. The second kappa shape index (κ2) is 5.94. The maximum absolute atomic E-state index is 6.23. The molecule has 0 spiro atoms. The van der Waals surface area contributed by atoms with E-state index in [1.165, 1.54) is 22.5 Å². The Morgan fingerprint density at radius 2 is 1.83 bits per heavy atom. The second-order valence-corrected chi connectivity index (χ2v) is 7.52. The predicted molar refractivity (Wildman–Crippen MR) is 100.0 cm³/mol. The van der Waals surface area contributed by atoms with E-state index in [1.54, 1.807) is 0 Å². The van der Waals surface area contributed by atoms with Crippen molar-refractivity contribution in [1.29, 1.82) is 0 Å². The normalized spacial score (nSPS) is 19.5. The van der Waals surface area contributed by atoms with E-state index >= 15 is 0 Å². The van der Waals surface area contributed by atoms with E-state index in [0.29, 0.717) is 0 Å². The molecule has 0 bridgehead atoms. The summed E-state index contributed by atoms with van der Waals surface area (Å²) in [4.78, 5) is 9.35. The molecule has 0 saturated carbocycles. The smallest absolute Gasteiger partial charge is 0.0605 e. The number of aromatic nitrogens is 1. The van der Waals surface area contributed by atoms with E-state index < -0.39 is 0 Å². The van der Waals surface area contributed by atoms with Crippen LogP contribution in [0.3, 0.4) is 0 Å². The van der Waals surface area contributed by atoms with Crippen molar-refractivity contribution in [2.24, 2.45) is 0 Å². The van der Waals surface area contributed by atoms with Gasteiger partial charge in [-0.1, -0.05) is 17.7 Å². The van der Waals surface area contributed by atoms with Crippen LogP contribution in [-0.2, 0) is 12.1 Å². The molecule has 1 aromatic heterocycles. The Morgan fingerprint density at radius 3 is 2.62 bits per heavy atom. The number of hydrogen-bond acceptors (Lipinski definition) is 4. The first-order chi connectivity index (χ1) is 11.6. The average molecular weight is 343 g/mol. The zero-order valence-electron chi connectivity index (χ0n) is 14.2. The SMILES string of the molecule is CC1(C)c2cc(Cl)ccc2CN1c1cncc(N2CCNCC2)c1. The molecule has 0 unspecified atom stereocenters. The van der Waals surface area contributed by atoms with Crippen molar-refractivity contribution in [3.05, 3.63) is 52.8 Å². The van der Waals surface area contributed by atoms with Crippen LogP contribution in [0.15, 0.2) is 36.7 Å². The Balaban J connectivity index is 1.67. The summed E-state index contributed by atoms with van der Waals surface area (Å²) in [6, 6.07) is 8.50. The van der Waals surface area contributed by atoms with Crippen LogP contribution in [0.25, 0.3) is 0 Å². The topological polar surface area (TPSA) is 31.4 Å². The van der Waals surface area contributed by atoms with Crippen molar-refractivity contribution in [3.8, 4) is 0 Å². The summed E-state index contributed by atoms with van der Waals surface area (Å²) in [5.41, 5.74) is 4.94. The number of anilines is 2. The highest BCUT2D eigenvalue weighted by Crippen LogP contribution is 2.43. The average Bonchev–Trinajstić information content (AvgIpc) is 2.87. The number of fused-ring (bicyclic) bond motifs is 1. The van der Waals surface area contributed by atoms with Gasteiger partial charge in [-0.25, -0.2) is 0 Å². The molecule has 2 aromatic rings. The summed E-state index contributed by atoms with van der Waals surface area (Å²) in [5, 5.41) is 4.20. The number of halogens is 1. The van der Waals surface area contributed by atoms with Gasteiger partial charge in [0.1, 0.15) is 0 Å². The standard InChI is InChI=1S/C19H23ClN4/c1-19(2)18-9-15(20)4-3-14(18)13-24(19)17-10-16(11-22-12-17)23-7-5-21-6-8-23/h3-4,9-12,21H,5-8,13H2,1-2H3. The molecule has 4 nitrogen and oxygen atoms in total. The molecule has 1 saturated heterocycles. The molecule has 0 atom stereocenters. The molecule has 24 heavy (non-hydrogen) atoms. The highest BCUT2D eigenvalue weighted by atomic mass is 35.5. The van der Waals surface area contributed by atoms with Gasteiger partial charge >= 0.3 is 0 Å². The van der Waals surface area contributed by atoms with E-state index in [4.69, 9.17) is 11.6 Å². The maximum Gasteiger partial charge on any atom is 0.0605 e. The fraction of sp³-hybridized carbons (Fsp3) is 0.421. The highest BCUT2D eigenvalue weighted by molar-refractivity contribution is 6.30. The number of benzene rings is 1. The predicted octanol–water partition coefficient (Wildman–Crippen LogP) is 3.40. The van der Waals surface area contributed by atoms with E-state index in [2.05, 4.69) is 52.1 Å². The van der Waals surface area contributed by atoms with Crippen LogP contribution in [0.5, 0.6) is 0 Å². The second-order valence-electron chi connectivity index (χ2n) is 7.09. The van der Waals surface area contributed by atoms with Crippen LogP contribution in [-0.4, -0.2) is 31.2 Å². The first kappa shape index (κ1) is 15.7. The van der Waals surface area contributed by atoms with Crippen molar-refractivity contribution in [2.75, 3.05) is 36.0 Å². The number of pyridine rings is 1. The minimum absolute atomic E-state index is 0.0933. The van der Waals surface area contributed by atoms with Crippen molar-refractivity contribution in [1.82, 2.24) is 10.3 Å². The number of nitrogens with one attached hydrogen (secondary N) is 1. The summed E-state index contributed by atoms with van der Waals surface area (Å²) in [6.07, 6.45) is 3.95. The van der Waals surface area contributed by atoms with E-state index in [9.17, 15) is 0 Å². The molecule has 3 heterocycles. The van der Waals surface area contributed by atoms with Crippen LogP contribution in [0.4, 0.5) is 11.4 Å². The fourth-order valence-corrected chi connectivity index (χ4v) is 4.02. The summed E-state index contributed by atoms with van der Waals surface area (Å²) in [6.45, 7) is 9.53. The molecule has 2 aliphatic rings. The molecule has 1 N–H and O–H groups in total. The van der Waals surface area contributed by atoms with Crippen molar-refractivity contribution >= 4 is 23.0 Å². The molecule has 1 fully saturated rings. The van der Waals surface area contributed by atoms with Crippen molar-refractivity contribution in [2.45, 2.75) is 25.9 Å². The minimum atomic E-state index is -0.0933. The number of piperazine rings is 1. The van der Waals surface area contributed by atoms with Crippen LogP contribution in [0.2, 0.25) is 5.02 Å². The van der Waals surface area contributed by atoms with Crippen LogP contribution < -0.4 is 15.1 Å². The largest absolute Gasteiger partial charge is 0.368 e. The zero-order valence-corrected chi connectivity index (χ0v) is 15.0. The summed E-state index contributed by atoms with van der Waals surface area (Å²) in [7, 11) is 0. The number of rotatable bonds is 2. The van der Waals surface area contributed by atoms with E-state index in [-0.39, 0.29) is 5.54 Å². The third kappa shape index (κ3) is 2.64. The monoisotopic (exact) mass is 342 g/mol. The zero-order chi connectivity index (χ0) is 16.7. The third-order valence-corrected chi connectivity index (χ3v) is 5.47. The first-order valence-electron chi connectivity index (χ1n) is 8.53. The first-order valence-corrected chi connectivity index (χ1v) is 8.91. The van der Waals surface area contributed by atoms with Gasteiger partial charge in [0.05, 0.1) is 29.3 Å². The Bertz CT molecular complexity index is 753. The van der Waals surface area contributed by atoms with Crippen LogP contribution in [0.1, 0.15) is 25.0 Å². The Hall–Kier alpha value is -1.78. The van der Waals surface area contributed by atoms with Gasteiger partial charge in [0.15, 0.2) is 0 Å². The van der Waals surface area contributed by atoms with Gasteiger partial charge in [0.2, 0.25) is 0 Å². The molecular formula is C19H23ClN4. The summed E-state index contributed by atoms with van der Waals surface area (Å²) >= 11 is 6.23. The minimum Gasteiger partial charge on any atom is -0.368 e. The van der Waals surface area contributed by atoms with Crippen molar-refractivity contribution < 1.29 is 0 Å². The van der Waals surface area contributed by atoms with Gasteiger partial charge in [-0.3, -0.25) is 4.98 Å². The van der Waals surface area contributed by atoms with Gasteiger partial charge in [0.25, 0.3) is 0 Å². The molecule has 1 aromatic carbocycles. The molecule has 0 aliphatic carbocycles. The Kier molecular flexibility index (Phi) is 3.89. The van der Waals surface area contributed by atoms with Crippen molar-refractivity contribution in [3.63, 3.8) is 0 Å². The number of hydrogen-bond donors (Lipinski definition) is 1. The quantitative estimate of drug-likeness (QED) is 0.906. The lowest BCUT2D eigenvalue weighted by molar-refractivity contribution is 0.518. The molecule has 5 heteroatoms. The lowest BCUT2D eigenvalue weighted by atomic mass is 9.93. The van der Waals surface area contributed by atoms with Gasteiger partial charge < -0.3 is 15.1 Å². The molecule has 0 amide bonds. The van der Waals surface area contributed by atoms with E-state index in [0.717, 1.165) is 37.7 Å².